The second kappa shape index (κ2) is 3.13. The Morgan fingerprint density at radius 2 is 2.18 bits per heavy atom. The van der Waals surface area contributed by atoms with E-state index < -0.39 is 0 Å². The molecule has 11 heavy (non-hydrogen) atoms. The largest absolute Gasteiger partial charge is 0.326 e. The van der Waals surface area contributed by atoms with E-state index in [2.05, 4.69) is 12.6 Å². The van der Waals surface area contributed by atoms with Gasteiger partial charge in [-0.05, 0) is 0 Å². The van der Waals surface area contributed by atoms with Gasteiger partial charge in [0.1, 0.15) is 6.54 Å². The minimum absolute atomic E-state index is 0.133. The van der Waals surface area contributed by atoms with Crippen LogP contribution in [0.3, 0.4) is 0 Å². The zero-order valence-electron chi connectivity index (χ0n) is 6.28. The molecule has 1 aliphatic heterocycles. The molecule has 62 valence electrons. The molecular weight excluding hydrogens is 164 g/mol. The van der Waals surface area contributed by atoms with E-state index in [0.717, 1.165) is 0 Å². The number of likely N-dealkylation sites (N-methyl/N-ethyl adjacent to an activating group) is 1. The third-order valence-corrected chi connectivity index (χ3v) is 1.75. The summed E-state index contributed by atoms with van der Waals surface area (Å²) in [5, 5.41) is 0. The normalized spacial score (nSPS) is 18.4. The molecule has 0 radical (unpaired) electrons. The lowest BCUT2D eigenvalue weighted by atomic mass is 10.5. The average Bonchev–Trinajstić information content (AvgIpc) is 2.17. The Hall–Kier alpha value is -0.710. The Bertz CT molecular complexity index is 195. The molecule has 3 amide bonds. The van der Waals surface area contributed by atoms with Crippen molar-refractivity contribution in [3.8, 4) is 0 Å². The van der Waals surface area contributed by atoms with Crippen LogP contribution < -0.4 is 0 Å². The highest BCUT2D eigenvalue weighted by Crippen LogP contribution is 2.06. The van der Waals surface area contributed by atoms with Gasteiger partial charge in [0.25, 0.3) is 0 Å². The fourth-order valence-corrected chi connectivity index (χ4v) is 1.19. The van der Waals surface area contributed by atoms with Gasteiger partial charge in [0.15, 0.2) is 0 Å². The van der Waals surface area contributed by atoms with Gasteiger partial charge in [0.2, 0.25) is 5.91 Å². The lowest BCUT2D eigenvalue weighted by molar-refractivity contribution is -0.125. The van der Waals surface area contributed by atoms with Gasteiger partial charge < -0.3 is 4.90 Å². The summed E-state index contributed by atoms with van der Waals surface area (Å²) < 4.78 is 0. The molecular formula is C6H10N2O2S. The van der Waals surface area contributed by atoms with Crippen molar-refractivity contribution in [1.29, 1.82) is 0 Å². The van der Waals surface area contributed by atoms with Crippen LogP contribution in [0.5, 0.6) is 0 Å². The minimum atomic E-state index is -0.218. The van der Waals surface area contributed by atoms with Crippen molar-refractivity contribution in [3.05, 3.63) is 0 Å². The molecule has 0 atom stereocenters. The number of nitrogens with zero attached hydrogens (tertiary/aromatic N) is 2. The Balaban J connectivity index is 2.64. The standard InChI is InChI=1S/C6H10N2O2S/c1-7-4-5(9)8(2-3-11)6(7)10/h11H,2-4H2,1H3. The van der Waals surface area contributed by atoms with E-state index in [1.165, 1.54) is 9.80 Å². The van der Waals surface area contributed by atoms with Crippen LogP contribution in [0.2, 0.25) is 0 Å². The van der Waals surface area contributed by atoms with Gasteiger partial charge >= 0.3 is 6.03 Å². The molecule has 0 aromatic rings. The van der Waals surface area contributed by atoms with Crippen molar-refractivity contribution in [2.24, 2.45) is 0 Å². The van der Waals surface area contributed by atoms with Crippen molar-refractivity contribution in [2.75, 3.05) is 25.9 Å². The summed E-state index contributed by atoms with van der Waals surface area (Å²) in [4.78, 5) is 24.7. The van der Waals surface area contributed by atoms with Crippen LogP contribution in [0.25, 0.3) is 0 Å². The second-order valence-corrected chi connectivity index (χ2v) is 2.85. The third kappa shape index (κ3) is 1.48. The Morgan fingerprint density at radius 1 is 1.55 bits per heavy atom. The lowest BCUT2D eigenvalue weighted by Crippen LogP contribution is -2.33. The first-order valence-corrected chi connectivity index (χ1v) is 3.96. The molecule has 0 aromatic carbocycles. The zero-order valence-corrected chi connectivity index (χ0v) is 7.17. The second-order valence-electron chi connectivity index (χ2n) is 2.41. The number of hydrogen-bond donors (Lipinski definition) is 1. The van der Waals surface area contributed by atoms with Gasteiger partial charge in [-0.15, -0.1) is 0 Å². The highest BCUT2D eigenvalue weighted by atomic mass is 32.1. The van der Waals surface area contributed by atoms with Crippen molar-refractivity contribution < 1.29 is 9.59 Å². The molecule has 0 aliphatic carbocycles. The van der Waals surface area contributed by atoms with Gasteiger partial charge in [0.05, 0.1) is 0 Å². The van der Waals surface area contributed by atoms with Crippen LogP contribution >= 0.6 is 12.6 Å². The van der Waals surface area contributed by atoms with Crippen LogP contribution in [0.1, 0.15) is 0 Å². The fourth-order valence-electron chi connectivity index (χ4n) is 0.989. The molecule has 1 aliphatic rings. The monoisotopic (exact) mass is 174 g/mol. The Morgan fingerprint density at radius 3 is 2.55 bits per heavy atom. The topological polar surface area (TPSA) is 40.6 Å². The summed E-state index contributed by atoms with van der Waals surface area (Å²) in [5.41, 5.74) is 0. The summed E-state index contributed by atoms with van der Waals surface area (Å²) in [7, 11) is 1.61. The molecule has 5 heteroatoms. The molecule has 0 N–H and O–H groups in total. The summed E-state index contributed by atoms with van der Waals surface area (Å²) >= 11 is 3.94. The Kier molecular flexibility index (Phi) is 2.38. The molecule has 0 unspecified atom stereocenters. The van der Waals surface area contributed by atoms with Crippen LogP contribution in [-0.2, 0) is 4.79 Å². The maximum atomic E-state index is 11.1. The number of carbonyl (C=O) groups excluding carboxylic acids is 2. The van der Waals surface area contributed by atoms with Gasteiger partial charge in [-0.1, -0.05) is 0 Å². The molecule has 4 nitrogen and oxygen atoms in total. The summed E-state index contributed by atoms with van der Waals surface area (Å²) in [6, 6.07) is -0.218. The summed E-state index contributed by atoms with van der Waals surface area (Å²) in [5.74, 6) is 0.386. The number of rotatable bonds is 2. The number of amides is 3. The number of carbonyl (C=O) groups is 2. The lowest BCUT2D eigenvalue weighted by Gasteiger charge is -2.11. The SMILES string of the molecule is CN1CC(=O)N(CCS)C1=O. The number of thiol groups is 1. The minimum Gasteiger partial charge on any atom is -0.318 e. The fraction of sp³-hybridized carbons (Fsp3) is 0.667. The molecule has 0 bridgehead atoms. The quantitative estimate of drug-likeness (QED) is 0.465. The first kappa shape index (κ1) is 8.39. The van der Waals surface area contributed by atoms with E-state index in [1.807, 2.05) is 0 Å². The van der Waals surface area contributed by atoms with Crippen molar-refractivity contribution in [3.63, 3.8) is 0 Å². The van der Waals surface area contributed by atoms with E-state index in [9.17, 15) is 9.59 Å². The molecule has 1 saturated heterocycles. The molecule has 1 rings (SSSR count). The predicted molar refractivity (Wildman–Crippen MR) is 43.6 cm³/mol. The highest BCUT2D eigenvalue weighted by molar-refractivity contribution is 7.80. The molecule has 0 aromatic heterocycles. The van der Waals surface area contributed by atoms with Gasteiger partial charge in [-0.3, -0.25) is 9.69 Å². The van der Waals surface area contributed by atoms with Crippen LogP contribution in [-0.4, -0.2) is 47.6 Å². The third-order valence-electron chi connectivity index (χ3n) is 1.55. The smallest absolute Gasteiger partial charge is 0.318 e. The van der Waals surface area contributed by atoms with Gasteiger partial charge in [-0.2, -0.15) is 12.6 Å². The van der Waals surface area contributed by atoms with E-state index in [1.54, 1.807) is 7.05 Å². The van der Waals surface area contributed by atoms with E-state index in [0.29, 0.717) is 12.3 Å². The zero-order chi connectivity index (χ0) is 8.43. The number of urea groups is 1. The predicted octanol–water partition coefficient (Wildman–Crippen LogP) is -0.190. The molecule has 1 fully saturated rings. The van der Waals surface area contributed by atoms with E-state index in [4.69, 9.17) is 0 Å². The first-order valence-electron chi connectivity index (χ1n) is 3.33. The van der Waals surface area contributed by atoms with Crippen molar-refractivity contribution >= 4 is 24.6 Å². The molecule has 1 heterocycles. The maximum Gasteiger partial charge on any atom is 0.326 e. The van der Waals surface area contributed by atoms with Gasteiger partial charge in [0, 0.05) is 19.3 Å². The highest BCUT2D eigenvalue weighted by Gasteiger charge is 2.32. The van der Waals surface area contributed by atoms with Crippen molar-refractivity contribution in [1.82, 2.24) is 9.80 Å². The van der Waals surface area contributed by atoms with Crippen LogP contribution in [0.15, 0.2) is 0 Å². The maximum absolute atomic E-state index is 11.1. The number of imide groups is 1. The Labute approximate surface area is 70.6 Å². The summed E-state index contributed by atoms with van der Waals surface area (Å²) in [6.45, 7) is 0.609. The van der Waals surface area contributed by atoms with Crippen LogP contribution in [0.4, 0.5) is 4.79 Å². The average molecular weight is 174 g/mol. The van der Waals surface area contributed by atoms with Crippen LogP contribution in [0, 0.1) is 0 Å². The van der Waals surface area contributed by atoms with Crippen molar-refractivity contribution in [2.45, 2.75) is 0 Å². The number of hydrogen-bond acceptors (Lipinski definition) is 3. The van der Waals surface area contributed by atoms with E-state index in [-0.39, 0.29) is 18.5 Å². The van der Waals surface area contributed by atoms with E-state index >= 15 is 0 Å². The molecule has 0 spiro atoms. The molecule has 0 saturated carbocycles. The summed E-state index contributed by atoms with van der Waals surface area (Å²) in [6.07, 6.45) is 0. The first-order chi connectivity index (χ1) is 5.16. The van der Waals surface area contributed by atoms with Gasteiger partial charge in [-0.25, -0.2) is 4.79 Å².